The lowest BCUT2D eigenvalue weighted by molar-refractivity contribution is -0.139. The summed E-state index contributed by atoms with van der Waals surface area (Å²) in [4.78, 5) is 28.5. The molecule has 0 aliphatic heterocycles. The van der Waals surface area contributed by atoms with Gasteiger partial charge in [0.15, 0.2) is 0 Å². The molecule has 0 aliphatic rings. The molecule has 0 fully saturated rings. The molecular weight excluding hydrogens is 558 g/mol. The van der Waals surface area contributed by atoms with E-state index in [1.807, 2.05) is 13.0 Å². The van der Waals surface area contributed by atoms with E-state index in [-0.39, 0.29) is 28.8 Å². The van der Waals surface area contributed by atoms with Crippen molar-refractivity contribution in [1.29, 1.82) is 0 Å². The first-order valence-corrected chi connectivity index (χ1v) is 15.1. The molecule has 0 aromatic heterocycles. The summed E-state index contributed by atoms with van der Waals surface area (Å²) in [6, 6.07) is 18.7. The van der Waals surface area contributed by atoms with Gasteiger partial charge in [-0.05, 0) is 67.4 Å². The van der Waals surface area contributed by atoms with Crippen LogP contribution in [0.5, 0.6) is 17.2 Å². The number of carbonyl (C=O) groups excluding carboxylic acids is 2. The summed E-state index contributed by atoms with van der Waals surface area (Å²) >= 11 is 0. The maximum absolute atomic E-state index is 14.1. The van der Waals surface area contributed by atoms with Gasteiger partial charge in [-0.3, -0.25) is 13.9 Å². The van der Waals surface area contributed by atoms with Gasteiger partial charge in [0, 0.05) is 13.1 Å². The average Bonchev–Trinajstić information content (AvgIpc) is 3.02. The summed E-state index contributed by atoms with van der Waals surface area (Å²) in [7, 11) is 0.198. The standard InChI is InChI=1S/C31H39N3O7S/c1-6-7-19-32-31(36)23(2)33(21-24-11-10-12-26(20-24)40-4)30(35)22-34(28-13-8-9-14-29(28)41-5)42(37,38)27-17-15-25(39-3)16-18-27/h8-18,20,23H,6-7,19,21-22H2,1-5H3,(H,32,36). The number of ether oxygens (including phenoxy) is 3. The number of nitrogens with zero attached hydrogens (tertiary/aromatic N) is 2. The molecule has 0 aliphatic carbocycles. The molecular formula is C31H39N3O7S. The van der Waals surface area contributed by atoms with Gasteiger partial charge in [0.1, 0.15) is 29.8 Å². The second-order valence-electron chi connectivity index (χ2n) is 9.55. The third-order valence-electron chi connectivity index (χ3n) is 6.76. The minimum absolute atomic E-state index is 0.0355. The molecule has 1 unspecified atom stereocenters. The molecule has 3 aromatic rings. The molecule has 226 valence electrons. The van der Waals surface area contributed by atoms with E-state index in [1.165, 1.54) is 43.4 Å². The molecule has 0 bridgehead atoms. The first-order chi connectivity index (χ1) is 20.2. The van der Waals surface area contributed by atoms with Crippen LogP contribution in [-0.2, 0) is 26.2 Å². The molecule has 0 saturated heterocycles. The summed E-state index contributed by atoms with van der Waals surface area (Å²) in [5.41, 5.74) is 0.906. The minimum atomic E-state index is -4.26. The number of benzene rings is 3. The van der Waals surface area contributed by atoms with Crippen molar-refractivity contribution in [3.05, 3.63) is 78.4 Å². The van der Waals surface area contributed by atoms with E-state index in [2.05, 4.69) is 5.32 Å². The number of carbonyl (C=O) groups is 2. The predicted molar refractivity (Wildman–Crippen MR) is 161 cm³/mol. The molecule has 11 heteroatoms. The summed E-state index contributed by atoms with van der Waals surface area (Å²) in [6.07, 6.45) is 1.70. The number of hydrogen-bond donors (Lipinski definition) is 1. The molecule has 2 amide bonds. The molecule has 0 spiro atoms. The molecule has 3 rings (SSSR count). The van der Waals surface area contributed by atoms with Crippen LogP contribution in [-0.4, -0.2) is 65.6 Å². The summed E-state index contributed by atoms with van der Waals surface area (Å²) in [5.74, 6) is 0.450. The molecule has 10 nitrogen and oxygen atoms in total. The molecule has 1 N–H and O–H groups in total. The van der Waals surface area contributed by atoms with Gasteiger partial charge in [-0.25, -0.2) is 8.42 Å². The first kappa shape index (κ1) is 32.3. The van der Waals surface area contributed by atoms with Crippen LogP contribution in [0.4, 0.5) is 5.69 Å². The van der Waals surface area contributed by atoms with Gasteiger partial charge in [0.05, 0.1) is 31.9 Å². The molecule has 0 saturated carbocycles. The summed E-state index contributed by atoms with van der Waals surface area (Å²) in [5, 5.41) is 2.88. The van der Waals surface area contributed by atoms with Crippen LogP contribution >= 0.6 is 0 Å². The highest BCUT2D eigenvalue weighted by atomic mass is 32.2. The van der Waals surface area contributed by atoms with Gasteiger partial charge in [-0.2, -0.15) is 0 Å². The fourth-order valence-corrected chi connectivity index (χ4v) is 5.73. The Kier molecular flexibility index (Phi) is 11.6. The van der Waals surface area contributed by atoms with E-state index in [0.29, 0.717) is 18.0 Å². The van der Waals surface area contributed by atoms with E-state index >= 15 is 0 Å². The van der Waals surface area contributed by atoms with Gasteiger partial charge in [-0.15, -0.1) is 0 Å². The zero-order valence-electron chi connectivity index (χ0n) is 24.7. The van der Waals surface area contributed by atoms with Crippen LogP contribution in [0.1, 0.15) is 32.3 Å². The number of hydrogen-bond acceptors (Lipinski definition) is 7. The second kappa shape index (κ2) is 15.1. The highest BCUT2D eigenvalue weighted by Gasteiger charge is 2.33. The van der Waals surface area contributed by atoms with Crippen LogP contribution in [0.15, 0.2) is 77.7 Å². The number of sulfonamides is 1. The molecule has 0 radical (unpaired) electrons. The van der Waals surface area contributed by atoms with Crippen molar-refractivity contribution in [2.45, 2.75) is 44.2 Å². The van der Waals surface area contributed by atoms with Gasteiger partial charge in [-0.1, -0.05) is 37.6 Å². The lowest BCUT2D eigenvalue weighted by atomic mass is 10.1. The normalized spacial score (nSPS) is 11.7. The monoisotopic (exact) mass is 597 g/mol. The van der Waals surface area contributed by atoms with Crippen molar-refractivity contribution >= 4 is 27.5 Å². The van der Waals surface area contributed by atoms with E-state index in [1.54, 1.807) is 56.5 Å². The number of methoxy groups -OCH3 is 3. The summed E-state index contributed by atoms with van der Waals surface area (Å²) < 4.78 is 45.1. The topological polar surface area (TPSA) is 114 Å². The van der Waals surface area contributed by atoms with Crippen LogP contribution in [0.3, 0.4) is 0 Å². The van der Waals surface area contributed by atoms with Crippen molar-refractivity contribution < 1.29 is 32.2 Å². The maximum atomic E-state index is 14.1. The van der Waals surface area contributed by atoms with Crippen molar-refractivity contribution in [3.8, 4) is 17.2 Å². The lowest BCUT2D eigenvalue weighted by Gasteiger charge is -2.32. The fraction of sp³-hybridized carbons (Fsp3) is 0.355. The minimum Gasteiger partial charge on any atom is -0.497 e. The fourth-order valence-electron chi connectivity index (χ4n) is 4.31. The van der Waals surface area contributed by atoms with Gasteiger partial charge in [0.2, 0.25) is 11.8 Å². The second-order valence-corrected chi connectivity index (χ2v) is 11.4. The number of para-hydroxylation sites is 2. The zero-order valence-corrected chi connectivity index (χ0v) is 25.5. The van der Waals surface area contributed by atoms with E-state index < -0.39 is 28.5 Å². The Morgan fingerprint density at radius 3 is 2.21 bits per heavy atom. The van der Waals surface area contributed by atoms with E-state index in [9.17, 15) is 18.0 Å². The van der Waals surface area contributed by atoms with E-state index in [0.717, 1.165) is 22.7 Å². The van der Waals surface area contributed by atoms with Crippen molar-refractivity contribution in [2.24, 2.45) is 0 Å². The van der Waals surface area contributed by atoms with Crippen LogP contribution in [0, 0.1) is 0 Å². The third kappa shape index (κ3) is 7.94. The number of amides is 2. The first-order valence-electron chi connectivity index (χ1n) is 13.7. The Balaban J connectivity index is 2.05. The van der Waals surface area contributed by atoms with Crippen LogP contribution in [0.2, 0.25) is 0 Å². The summed E-state index contributed by atoms with van der Waals surface area (Å²) in [6.45, 7) is 3.60. The SMILES string of the molecule is CCCCNC(=O)C(C)N(Cc1cccc(OC)c1)C(=O)CN(c1ccccc1OC)S(=O)(=O)c1ccc(OC)cc1. The third-order valence-corrected chi connectivity index (χ3v) is 8.54. The molecule has 0 heterocycles. The number of rotatable bonds is 15. The smallest absolute Gasteiger partial charge is 0.264 e. The van der Waals surface area contributed by atoms with Gasteiger partial charge < -0.3 is 24.4 Å². The zero-order chi connectivity index (χ0) is 30.7. The Hall–Kier alpha value is -4.25. The highest BCUT2D eigenvalue weighted by molar-refractivity contribution is 7.92. The largest absolute Gasteiger partial charge is 0.497 e. The van der Waals surface area contributed by atoms with Crippen molar-refractivity contribution in [1.82, 2.24) is 10.2 Å². The van der Waals surface area contributed by atoms with Crippen molar-refractivity contribution in [2.75, 3.05) is 38.7 Å². The van der Waals surface area contributed by atoms with Crippen molar-refractivity contribution in [3.63, 3.8) is 0 Å². The number of unbranched alkanes of at least 4 members (excludes halogenated alkanes) is 1. The highest BCUT2D eigenvalue weighted by Crippen LogP contribution is 2.33. The molecule has 1 atom stereocenters. The van der Waals surface area contributed by atoms with E-state index in [4.69, 9.17) is 14.2 Å². The number of anilines is 1. The predicted octanol–water partition coefficient (Wildman–Crippen LogP) is 4.24. The average molecular weight is 598 g/mol. The van der Waals surface area contributed by atoms with Gasteiger partial charge >= 0.3 is 0 Å². The Bertz CT molecular complexity index is 1440. The maximum Gasteiger partial charge on any atom is 0.264 e. The van der Waals surface area contributed by atoms with Gasteiger partial charge in [0.25, 0.3) is 10.0 Å². The lowest BCUT2D eigenvalue weighted by Crippen LogP contribution is -2.51. The Labute approximate surface area is 248 Å². The molecule has 42 heavy (non-hydrogen) atoms. The van der Waals surface area contributed by atoms with Crippen LogP contribution in [0.25, 0.3) is 0 Å². The Morgan fingerprint density at radius 1 is 0.881 bits per heavy atom. The van der Waals surface area contributed by atoms with Crippen LogP contribution < -0.4 is 23.8 Å². The molecule has 3 aromatic carbocycles. The quantitative estimate of drug-likeness (QED) is 0.261. The Morgan fingerprint density at radius 2 is 1.57 bits per heavy atom. The number of nitrogens with one attached hydrogen (secondary N) is 1.